The van der Waals surface area contributed by atoms with E-state index < -0.39 is 6.10 Å². The summed E-state index contributed by atoms with van der Waals surface area (Å²) in [5, 5.41) is 10.0. The molecule has 0 heterocycles. The maximum Gasteiger partial charge on any atom is 0.302 e. The number of esters is 1. The van der Waals surface area contributed by atoms with Gasteiger partial charge in [0.15, 0.2) is 0 Å². The van der Waals surface area contributed by atoms with Gasteiger partial charge >= 0.3 is 5.97 Å². The zero-order valence-corrected chi connectivity index (χ0v) is 9.30. The number of aliphatic hydroxyl groups is 1. The fraction of sp³-hybridized carbons (Fsp3) is 0.308. The SMILES string of the molecule is C=C[C@H](COC(C)=O)[C@@H](O)c1ccccc1. The Labute approximate surface area is 95.4 Å². The molecule has 1 N–H and O–H groups in total. The fourth-order valence-electron chi connectivity index (χ4n) is 1.40. The van der Waals surface area contributed by atoms with Gasteiger partial charge in [0.25, 0.3) is 0 Å². The minimum atomic E-state index is -0.696. The minimum Gasteiger partial charge on any atom is -0.465 e. The number of ether oxygens (including phenoxy) is 1. The maximum absolute atomic E-state index is 10.7. The molecule has 3 heteroatoms. The summed E-state index contributed by atoms with van der Waals surface area (Å²) in [6, 6.07) is 9.24. The molecule has 0 aromatic heterocycles. The molecule has 0 fully saturated rings. The first-order valence-corrected chi connectivity index (χ1v) is 5.14. The lowest BCUT2D eigenvalue weighted by atomic mass is 9.96. The number of rotatable bonds is 5. The van der Waals surface area contributed by atoms with E-state index in [0.29, 0.717) is 0 Å². The molecule has 0 amide bonds. The summed E-state index contributed by atoms with van der Waals surface area (Å²) in [5.74, 6) is -0.640. The zero-order valence-electron chi connectivity index (χ0n) is 9.30. The van der Waals surface area contributed by atoms with Crippen molar-refractivity contribution in [1.82, 2.24) is 0 Å². The molecule has 0 unspecified atom stereocenters. The zero-order chi connectivity index (χ0) is 12.0. The summed E-state index contributed by atoms with van der Waals surface area (Å²) in [5.41, 5.74) is 0.791. The van der Waals surface area contributed by atoms with Crippen LogP contribution in [0.2, 0.25) is 0 Å². The number of aliphatic hydroxyl groups excluding tert-OH is 1. The first-order chi connectivity index (χ1) is 7.65. The molecule has 16 heavy (non-hydrogen) atoms. The third-order valence-corrected chi connectivity index (χ3v) is 2.33. The van der Waals surface area contributed by atoms with Gasteiger partial charge in [0.1, 0.15) is 6.61 Å². The van der Waals surface area contributed by atoms with Gasteiger partial charge in [-0.2, -0.15) is 0 Å². The second-order valence-electron chi connectivity index (χ2n) is 3.56. The van der Waals surface area contributed by atoms with Crippen LogP contribution in [0.1, 0.15) is 18.6 Å². The van der Waals surface area contributed by atoms with Crippen molar-refractivity contribution in [3.8, 4) is 0 Å². The highest BCUT2D eigenvalue weighted by Gasteiger charge is 2.18. The van der Waals surface area contributed by atoms with Crippen molar-refractivity contribution in [2.75, 3.05) is 6.61 Å². The number of carbonyl (C=O) groups excluding carboxylic acids is 1. The van der Waals surface area contributed by atoms with Gasteiger partial charge in [-0.05, 0) is 5.56 Å². The molecular formula is C13H16O3. The summed E-state index contributed by atoms with van der Waals surface area (Å²) in [4.78, 5) is 10.7. The Morgan fingerprint density at radius 3 is 2.62 bits per heavy atom. The number of benzene rings is 1. The van der Waals surface area contributed by atoms with E-state index >= 15 is 0 Å². The predicted octanol–water partition coefficient (Wildman–Crippen LogP) is 2.09. The lowest BCUT2D eigenvalue weighted by Crippen LogP contribution is -2.17. The first-order valence-electron chi connectivity index (χ1n) is 5.14. The van der Waals surface area contributed by atoms with Gasteiger partial charge in [-0.1, -0.05) is 36.4 Å². The lowest BCUT2D eigenvalue weighted by Gasteiger charge is -2.19. The molecule has 0 bridgehead atoms. The third-order valence-electron chi connectivity index (χ3n) is 2.33. The van der Waals surface area contributed by atoms with Crippen molar-refractivity contribution in [2.24, 2.45) is 5.92 Å². The van der Waals surface area contributed by atoms with Gasteiger partial charge in [0, 0.05) is 12.8 Å². The lowest BCUT2D eigenvalue weighted by molar-refractivity contribution is -0.142. The van der Waals surface area contributed by atoms with Crippen LogP contribution in [0.4, 0.5) is 0 Å². The Kier molecular flexibility index (Phi) is 4.73. The van der Waals surface area contributed by atoms with Crippen molar-refractivity contribution in [3.63, 3.8) is 0 Å². The Morgan fingerprint density at radius 1 is 1.50 bits per heavy atom. The smallest absolute Gasteiger partial charge is 0.302 e. The van der Waals surface area contributed by atoms with Crippen LogP contribution in [0, 0.1) is 5.92 Å². The molecule has 0 spiro atoms. The Balaban J connectivity index is 2.66. The van der Waals surface area contributed by atoms with Crippen molar-refractivity contribution in [1.29, 1.82) is 0 Å². The normalized spacial score (nSPS) is 13.9. The van der Waals surface area contributed by atoms with E-state index in [2.05, 4.69) is 6.58 Å². The van der Waals surface area contributed by atoms with Gasteiger partial charge < -0.3 is 9.84 Å². The highest BCUT2D eigenvalue weighted by molar-refractivity contribution is 5.65. The Morgan fingerprint density at radius 2 is 2.12 bits per heavy atom. The second kappa shape index (κ2) is 6.08. The standard InChI is InChI=1S/C13H16O3/c1-3-11(9-16-10(2)14)13(15)12-7-5-4-6-8-12/h3-8,11,13,15H,1,9H2,2H3/t11-,13-/m1/s1. The maximum atomic E-state index is 10.7. The summed E-state index contributed by atoms with van der Waals surface area (Å²) in [7, 11) is 0. The number of carbonyl (C=O) groups is 1. The van der Waals surface area contributed by atoms with Gasteiger partial charge in [0.2, 0.25) is 0 Å². The van der Waals surface area contributed by atoms with Crippen LogP contribution in [0.15, 0.2) is 43.0 Å². The first kappa shape index (κ1) is 12.5. The highest BCUT2D eigenvalue weighted by Crippen LogP contribution is 2.22. The van der Waals surface area contributed by atoms with Crippen LogP contribution in [0.5, 0.6) is 0 Å². The van der Waals surface area contributed by atoms with E-state index in [1.165, 1.54) is 6.92 Å². The molecular weight excluding hydrogens is 204 g/mol. The molecule has 1 rings (SSSR count). The van der Waals surface area contributed by atoms with Crippen LogP contribution in [-0.4, -0.2) is 17.7 Å². The molecule has 1 aromatic rings. The average Bonchev–Trinajstić information content (AvgIpc) is 2.30. The Bertz CT molecular complexity index is 345. The van der Waals surface area contributed by atoms with Crippen molar-refractivity contribution >= 4 is 5.97 Å². The minimum absolute atomic E-state index is 0.148. The van der Waals surface area contributed by atoms with Crippen LogP contribution >= 0.6 is 0 Å². The number of hydrogen-bond donors (Lipinski definition) is 1. The average molecular weight is 220 g/mol. The third kappa shape index (κ3) is 3.51. The molecule has 0 radical (unpaired) electrons. The van der Waals surface area contributed by atoms with Crippen molar-refractivity contribution in [3.05, 3.63) is 48.6 Å². The van der Waals surface area contributed by atoms with Crippen molar-refractivity contribution in [2.45, 2.75) is 13.0 Å². The van der Waals surface area contributed by atoms with Gasteiger partial charge in [-0.15, -0.1) is 6.58 Å². The molecule has 0 aliphatic carbocycles. The van der Waals surface area contributed by atoms with Crippen molar-refractivity contribution < 1.29 is 14.6 Å². The van der Waals surface area contributed by atoms with E-state index in [9.17, 15) is 9.90 Å². The molecule has 86 valence electrons. The van der Waals surface area contributed by atoms with Crippen LogP contribution in [0.3, 0.4) is 0 Å². The summed E-state index contributed by atoms with van der Waals surface area (Å²) >= 11 is 0. The molecule has 0 saturated carbocycles. The quantitative estimate of drug-likeness (QED) is 0.610. The van der Waals surface area contributed by atoms with E-state index in [1.54, 1.807) is 6.08 Å². The van der Waals surface area contributed by atoms with E-state index in [4.69, 9.17) is 4.74 Å². The fourth-order valence-corrected chi connectivity index (χ4v) is 1.40. The Hall–Kier alpha value is -1.61. The molecule has 0 aliphatic rings. The molecule has 3 nitrogen and oxygen atoms in total. The molecule has 0 aliphatic heterocycles. The second-order valence-corrected chi connectivity index (χ2v) is 3.56. The van der Waals surface area contributed by atoms with E-state index in [-0.39, 0.29) is 18.5 Å². The van der Waals surface area contributed by atoms with Crippen LogP contribution < -0.4 is 0 Å². The predicted molar refractivity (Wildman–Crippen MR) is 61.7 cm³/mol. The topological polar surface area (TPSA) is 46.5 Å². The van der Waals surface area contributed by atoms with Crippen LogP contribution in [0.25, 0.3) is 0 Å². The summed E-state index contributed by atoms with van der Waals surface area (Å²) in [6.45, 7) is 5.12. The monoisotopic (exact) mass is 220 g/mol. The molecule has 0 saturated heterocycles. The van der Waals surface area contributed by atoms with Gasteiger partial charge in [-0.3, -0.25) is 4.79 Å². The van der Waals surface area contributed by atoms with Crippen LogP contribution in [-0.2, 0) is 9.53 Å². The van der Waals surface area contributed by atoms with Gasteiger partial charge in [0.05, 0.1) is 6.10 Å². The summed E-state index contributed by atoms with van der Waals surface area (Å²) < 4.78 is 4.87. The molecule has 2 atom stereocenters. The molecule has 1 aromatic carbocycles. The van der Waals surface area contributed by atoms with E-state index in [1.807, 2.05) is 30.3 Å². The van der Waals surface area contributed by atoms with Gasteiger partial charge in [-0.25, -0.2) is 0 Å². The van der Waals surface area contributed by atoms with E-state index in [0.717, 1.165) is 5.56 Å². The highest BCUT2D eigenvalue weighted by atomic mass is 16.5. The largest absolute Gasteiger partial charge is 0.465 e. The summed E-state index contributed by atoms with van der Waals surface area (Å²) in [6.07, 6.45) is 0.902. The number of hydrogen-bond acceptors (Lipinski definition) is 3.